The monoisotopic (exact) mass is 265 g/mol. The SMILES string of the molecule is CCCNc1ncc(F)c(N(CC)CC(C)C#N)n1. The van der Waals surface area contributed by atoms with Gasteiger partial charge in [-0.2, -0.15) is 10.2 Å². The minimum Gasteiger partial charge on any atom is -0.354 e. The lowest BCUT2D eigenvalue weighted by Gasteiger charge is -2.23. The summed E-state index contributed by atoms with van der Waals surface area (Å²) in [6.45, 7) is 7.53. The van der Waals surface area contributed by atoms with Crippen molar-refractivity contribution in [2.75, 3.05) is 29.9 Å². The van der Waals surface area contributed by atoms with E-state index < -0.39 is 5.82 Å². The Morgan fingerprint density at radius 1 is 1.53 bits per heavy atom. The third kappa shape index (κ3) is 4.36. The second kappa shape index (κ2) is 7.52. The fourth-order valence-corrected chi connectivity index (χ4v) is 1.64. The van der Waals surface area contributed by atoms with E-state index in [-0.39, 0.29) is 11.7 Å². The Kier molecular flexibility index (Phi) is 6.00. The molecule has 0 aliphatic heterocycles. The molecule has 0 bridgehead atoms. The van der Waals surface area contributed by atoms with Crippen molar-refractivity contribution >= 4 is 11.8 Å². The number of nitriles is 1. The second-order valence-corrected chi connectivity index (χ2v) is 4.36. The van der Waals surface area contributed by atoms with Gasteiger partial charge in [-0.05, 0) is 20.3 Å². The average Bonchev–Trinajstić information content (AvgIpc) is 2.43. The normalized spacial score (nSPS) is 11.7. The van der Waals surface area contributed by atoms with Gasteiger partial charge in [0.2, 0.25) is 5.95 Å². The first kappa shape index (κ1) is 15.2. The van der Waals surface area contributed by atoms with Gasteiger partial charge in [0.25, 0.3) is 0 Å². The van der Waals surface area contributed by atoms with Crippen molar-refractivity contribution in [1.82, 2.24) is 9.97 Å². The molecule has 6 heteroatoms. The number of aromatic nitrogens is 2. The van der Waals surface area contributed by atoms with E-state index in [0.29, 0.717) is 19.0 Å². The molecule has 104 valence electrons. The summed E-state index contributed by atoms with van der Waals surface area (Å²) in [4.78, 5) is 9.84. The predicted octanol–water partition coefficient (Wildman–Crippen LogP) is 2.42. The van der Waals surface area contributed by atoms with E-state index in [1.54, 1.807) is 11.8 Å². The molecule has 1 rings (SSSR count). The van der Waals surface area contributed by atoms with E-state index in [4.69, 9.17) is 5.26 Å². The van der Waals surface area contributed by atoms with Gasteiger partial charge in [-0.15, -0.1) is 0 Å². The number of rotatable bonds is 7. The number of anilines is 2. The van der Waals surface area contributed by atoms with Crippen LogP contribution in [0.4, 0.5) is 16.2 Å². The van der Waals surface area contributed by atoms with Crippen molar-refractivity contribution in [2.45, 2.75) is 27.2 Å². The smallest absolute Gasteiger partial charge is 0.224 e. The van der Waals surface area contributed by atoms with Gasteiger partial charge in [-0.25, -0.2) is 9.37 Å². The molecule has 1 unspecified atom stereocenters. The summed E-state index contributed by atoms with van der Waals surface area (Å²) in [5.41, 5.74) is 0. The first-order valence-corrected chi connectivity index (χ1v) is 6.53. The molecule has 0 aliphatic rings. The minimum absolute atomic E-state index is 0.179. The van der Waals surface area contributed by atoms with Gasteiger partial charge < -0.3 is 10.2 Å². The van der Waals surface area contributed by atoms with E-state index in [9.17, 15) is 4.39 Å². The molecule has 0 fully saturated rings. The molecule has 0 aliphatic carbocycles. The van der Waals surface area contributed by atoms with Crippen molar-refractivity contribution in [1.29, 1.82) is 5.26 Å². The van der Waals surface area contributed by atoms with Crippen LogP contribution in [-0.4, -0.2) is 29.6 Å². The fourth-order valence-electron chi connectivity index (χ4n) is 1.64. The highest BCUT2D eigenvalue weighted by molar-refractivity contribution is 5.44. The highest BCUT2D eigenvalue weighted by atomic mass is 19.1. The molecule has 1 aromatic rings. The first-order chi connectivity index (χ1) is 9.12. The Labute approximate surface area is 113 Å². The zero-order valence-electron chi connectivity index (χ0n) is 11.6. The van der Waals surface area contributed by atoms with Crippen molar-refractivity contribution < 1.29 is 4.39 Å². The lowest BCUT2D eigenvalue weighted by Crippen LogP contribution is -2.29. The fraction of sp³-hybridized carbons (Fsp3) is 0.615. The van der Waals surface area contributed by atoms with E-state index in [1.165, 1.54) is 6.20 Å². The number of nitrogens with one attached hydrogen (secondary N) is 1. The van der Waals surface area contributed by atoms with Crippen LogP contribution in [0.25, 0.3) is 0 Å². The van der Waals surface area contributed by atoms with Crippen LogP contribution in [0, 0.1) is 23.1 Å². The molecule has 1 N–H and O–H groups in total. The lowest BCUT2D eigenvalue weighted by atomic mass is 10.2. The third-order valence-electron chi connectivity index (χ3n) is 2.65. The van der Waals surface area contributed by atoms with Crippen LogP contribution in [-0.2, 0) is 0 Å². The number of nitrogens with zero attached hydrogens (tertiary/aromatic N) is 4. The molecule has 1 atom stereocenters. The van der Waals surface area contributed by atoms with Crippen LogP contribution in [0.2, 0.25) is 0 Å². The maximum Gasteiger partial charge on any atom is 0.224 e. The van der Waals surface area contributed by atoms with E-state index >= 15 is 0 Å². The largest absolute Gasteiger partial charge is 0.354 e. The van der Waals surface area contributed by atoms with Crippen LogP contribution in [0.3, 0.4) is 0 Å². The van der Waals surface area contributed by atoms with Crippen LogP contribution < -0.4 is 10.2 Å². The molecule has 1 aromatic heterocycles. The third-order valence-corrected chi connectivity index (χ3v) is 2.65. The molecule has 0 radical (unpaired) electrons. The van der Waals surface area contributed by atoms with Crippen molar-refractivity contribution in [3.8, 4) is 6.07 Å². The summed E-state index contributed by atoms with van der Waals surface area (Å²) < 4.78 is 13.8. The topological polar surface area (TPSA) is 64.8 Å². The number of hydrogen-bond acceptors (Lipinski definition) is 5. The Morgan fingerprint density at radius 3 is 2.84 bits per heavy atom. The van der Waals surface area contributed by atoms with Gasteiger partial charge in [0, 0.05) is 19.6 Å². The molecule has 0 spiro atoms. The van der Waals surface area contributed by atoms with Crippen LogP contribution in [0.1, 0.15) is 27.2 Å². The van der Waals surface area contributed by atoms with Crippen LogP contribution in [0.15, 0.2) is 6.20 Å². The zero-order chi connectivity index (χ0) is 14.3. The molecule has 1 heterocycles. The highest BCUT2D eigenvalue weighted by Gasteiger charge is 2.16. The van der Waals surface area contributed by atoms with Gasteiger partial charge in [-0.1, -0.05) is 6.92 Å². The van der Waals surface area contributed by atoms with Gasteiger partial charge in [0.05, 0.1) is 18.2 Å². The Hall–Kier alpha value is -1.90. The van der Waals surface area contributed by atoms with Gasteiger partial charge in [-0.3, -0.25) is 0 Å². The molecule has 0 saturated heterocycles. The Balaban J connectivity index is 2.92. The molecule has 0 amide bonds. The van der Waals surface area contributed by atoms with Crippen molar-refractivity contribution in [3.63, 3.8) is 0 Å². The number of halogens is 1. The number of hydrogen-bond donors (Lipinski definition) is 1. The van der Waals surface area contributed by atoms with Crippen LogP contribution in [0.5, 0.6) is 0 Å². The average molecular weight is 265 g/mol. The molecule has 0 saturated carbocycles. The van der Waals surface area contributed by atoms with Crippen molar-refractivity contribution in [3.05, 3.63) is 12.0 Å². The maximum absolute atomic E-state index is 13.8. The summed E-state index contributed by atoms with van der Waals surface area (Å²) in [5, 5.41) is 11.9. The summed E-state index contributed by atoms with van der Waals surface area (Å²) in [5.74, 6) is 0.0231. The first-order valence-electron chi connectivity index (χ1n) is 6.53. The Morgan fingerprint density at radius 2 is 2.26 bits per heavy atom. The lowest BCUT2D eigenvalue weighted by molar-refractivity contribution is 0.592. The van der Waals surface area contributed by atoms with E-state index in [0.717, 1.165) is 13.0 Å². The maximum atomic E-state index is 13.8. The summed E-state index contributed by atoms with van der Waals surface area (Å²) in [6, 6.07) is 2.14. The quantitative estimate of drug-likeness (QED) is 0.820. The standard InChI is InChI=1S/C13H20FN5/c1-4-6-16-13-17-8-11(14)12(18-13)19(5-2)9-10(3)7-15/h8,10H,4-6,9H2,1-3H3,(H,16,17,18). The van der Waals surface area contributed by atoms with Gasteiger partial charge in [0.15, 0.2) is 11.6 Å². The summed E-state index contributed by atoms with van der Waals surface area (Å²) in [6.07, 6.45) is 2.11. The molecular weight excluding hydrogens is 245 g/mol. The summed E-state index contributed by atoms with van der Waals surface area (Å²) >= 11 is 0. The van der Waals surface area contributed by atoms with Crippen molar-refractivity contribution in [2.24, 2.45) is 5.92 Å². The van der Waals surface area contributed by atoms with E-state index in [2.05, 4.69) is 21.4 Å². The molecular formula is C13H20FN5. The highest BCUT2D eigenvalue weighted by Crippen LogP contribution is 2.18. The van der Waals surface area contributed by atoms with Gasteiger partial charge in [0.1, 0.15) is 0 Å². The molecule has 5 nitrogen and oxygen atoms in total. The summed E-state index contributed by atoms with van der Waals surface area (Å²) in [7, 11) is 0. The minimum atomic E-state index is -0.464. The van der Waals surface area contributed by atoms with E-state index in [1.807, 2.05) is 13.8 Å². The Bertz CT molecular complexity index is 443. The second-order valence-electron chi connectivity index (χ2n) is 4.36. The zero-order valence-corrected chi connectivity index (χ0v) is 11.6. The molecule has 19 heavy (non-hydrogen) atoms. The predicted molar refractivity (Wildman–Crippen MR) is 73.4 cm³/mol. The molecule has 0 aromatic carbocycles. The van der Waals surface area contributed by atoms with Gasteiger partial charge >= 0.3 is 0 Å². The van der Waals surface area contributed by atoms with Crippen LogP contribution >= 0.6 is 0 Å².